The molecule has 0 amide bonds. The summed E-state index contributed by atoms with van der Waals surface area (Å²) < 4.78 is 1.72. The van der Waals surface area contributed by atoms with Crippen LogP contribution in [-0.4, -0.2) is 29.9 Å². The van der Waals surface area contributed by atoms with Crippen molar-refractivity contribution in [3.63, 3.8) is 0 Å². The second-order valence-electron chi connectivity index (χ2n) is 5.02. The number of fused-ring (bicyclic) bond motifs is 2. The molecule has 0 saturated carbocycles. The number of aromatic amines is 2. The lowest BCUT2D eigenvalue weighted by molar-refractivity contribution is 0.784. The molecule has 21 heavy (non-hydrogen) atoms. The number of H-pyrrole nitrogens is 2. The Morgan fingerprint density at radius 1 is 1.29 bits per heavy atom. The van der Waals surface area contributed by atoms with E-state index in [1.165, 1.54) is 0 Å². The number of para-hydroxylation sites is 2. The van der Waals surface area contributed by atoms with Crippen LogP contribution in [0.2, 0.25) is 0 Å². The quantitative estimate of drug-likeness (QED) is 0.535. The fourth-order valence-electron chi connectivity index (χ4n) is 2.60. The molecule has 0 unspecified atom stereocenters. The predicted octanol–water partition coefficient (Wildman–Crippen LogP) is 2.16. The van der Waals surface area contributed by atoms with E-state index in [1.807, 2.05) is 24.3 Å². The summed E-state index contributed by atoms with van der Waals surface area (Å²) in [6.07, 6.45) is 1.85. The van der Waals surface area contributed by atoms with Gasteiger partial charge in [-0.05, 0) is 18.6 Å². The van der Waals surface area contributed by atoms with Crippen molar-refractivity contribution in [1.82, 2.24) is 29.9 Å². The normalized spacial score (nSPS) is 11.7. The first-order valence-electron chi connectivity index (χ1n) is 6.94. The second kappa shape index (κ2) is 4.34. The Hall–Kier alpha value is -2.83. The number of nitrogens with one attached hydrogen (secondary N) is 2. The van der Waals surface area contributed by atoms with Crippen LogP contribution in [0.5, 0.6) is 0 Å². The van der Waals surface area contributed by atoms with E-state index in [4.69, 9.17) is 5.73 Å². The van der Waals surface area contributed by atoms with Crippen LogP contribution in [0.15, 0.2) is 24.3 Å². The van der Waals surface area contributed by atoms with Gasteiger partial charge in [0.1, 0.15) is 5.82 Å². The molecule has 1 aromatic carbocycles. The van der Waals surface area contributed by atoms with Crippen LogP contribution in [0.1, 0.15) is 19.0 Å². The summed E-state index contributed by atoms with van der Waals surface area (Å²) in [4.78, 5) is 7.83. The van der Waals surface area contributed by atoms with Crippen LogP contribution >= 0.6 is 0 Å². The van der Waals surface area contributed by atoms with Crippen LogP contribution in [0.25, 0.3) is 28.0 Å². The smallest absolute Gasteiger partial charge is 0.231 e. The van der Waals surface area contributed by atoms with Gasteiger partial charge < -0.3 is 10.7 Å². The molecule has 0 radical (unpaired) electrons. The van der Waals surface area contributed by atoms with Gasteiger partial charge in [0.2, 0.25) is 5.95 Å². The average Bonchev–Trinajstić information content (AvgIpc) is 3.15. The summed E-state index contributed by atoms with van der Waals surface area (Å²) in [7, 11) is 0. The van der Waals surface area contributed by atoms with E-state index in [9.17, 15) is 0 Å². The first kappa shape index (κ1) is 12.0. The molecule has 0 bridgehead atoms. The Labute approximate surface area is 120 Å². The highest BCUT2D eigenvalue weighted by Gasteiger charge is 2.18. The molecule has 0 saturated heterocycles. The second-order valence-corrected chi connectivity index (χ2v) is 5.02. The summed E-state index contributed by atoms with van der Waals surface area (Å²) in [6.45, 7) is 2.11. The van der Waals surface area contributed by atoms with E-state index in [-0.39, 0.29) is 0 Å². The van der Waals surface area contributed by atoms with Gasteiger partial charge in [0.25, 0.3) is 0 Å². The first-order valence-corrected chi connectivity index (χ1v) is 6.94. The lowest BCUT2D eigenvalue weighted by atomic mass is 10.2. The van der Waals surface area contributed by atoms with E-state index in [1.54, 1.807) is 4.68 Å². The van der Waals surface area contributed by atoms with Gasteiger partial charge in [0, 0.05) is 0 Å². The summed E-state index contributed by atoms with van der Waals surface area (Å²) >= 11 is 0. The molecule has 0 spiro atoms. The zero-order valence-electron chi connectivity index (χ0n) is 11.6. The van der Waals surface area contributed by atoms with Crippen molar-refractivity contribution in [3.8, 4) is 5.95 Å². The number of nitrogen functional groups attached to an aromatic ring is 1. The molecule has 7 heteroatoms. The molecule has 0 aliphatic heterocycles. The maximum Gasteiger partial charge on any atom is 0.231 e. The molecule has 3 aromatic heterocycles. The third-order valence-electron chi connectivity index (χ3n) is 3.55. The maximum absolute atomic E-state index is 5.97. The van der Waals surface area contributed by atoms with Crippen molar-refractivity contribution in [3.05, 3.63) is 30.0 Å². The van der Waals surface area contributed by atoms with E-state index >= 15 is 0 Å². The molecule has 0 aliphatic carbocycles. The number of benzene rings is 1. The zero-order valence-corrected chi connectivity index (χ0v) is 11.6. The van der Waals surface area contributed by atoms with E-state index < -0.39 is 0 Å². The number of imidazole rings is 1. The highest BCUT2D eigenvalue weighted by Crippen LogP contribution is 2.25. The van der Waals surface area contributed by atoms with Crippen molar-refractivity contribution < 1.29 is 0 Å². The highest BCUT2D eigenvalue weighted by molar-refractivity contribution is 5.90. The minimum Gasteiger partial charge on any atom is -0.383 e. The molecule has 4 rings (SSSR count). The number of hydrogen-bond donors (Lipinski definition) is 3. The van der Waals surface area contributed by atoms with E-state index in [2.05, 4.69) is 32.2 Å². The van der Waals surface area contributed by atoms with Crippen LogP contribution in [0.4, 0.5) is 5.82 Å². The van der Waals surface area contributed by atoms with Gasteiger partial charge in [-0.25, -0.2) is 4.98 Å². The minimum atomic E-state index is 0.552. The molecular weight excluding hydrogens is 266 g/mol. The standard InChI is InChI=1S/C14H15N7/c1-2-5-10-11-12(15)18-19-13(11)21(20-10)14-16-8-6-3-4-7-9(8)17-14/h3-4,6-7H,2,5H2,1H3,(H,16,17)(H3,15,18,19). The summed E-state index contributed by atoms with van der Waals surface area (Å²) in [6, 6.07) is 7.87. The molecule has 7 nitrogen and oxygen atoms in total. The largest absolute Gasteiger partial charge is 0.383 e. The van der Waals surface area contributed by atoms with Gasteiger partial charge in [-0.15, -0.1) is 0 Å². The first-order chi connectivity index (χ1) is 10.3. The Bertz CT molecular complexity index is 894. The lowest BCUT2D eigenvalue weighted by Crippen LogP contribution is -2.00. The van der Waals surface area contributed by atoms with Gasteiger partial charge in [0.05, 0.1) is 22.1 Å². The van der Waals surface area contributed by atoms with Crippen molar-refractivity contribution in [1.29, 1.82) is 0 Å². The number of nitrogens with zero attached hydrogens (tertiary/aromatic N) is 4. The molecule has 0 atom stereocenters. The predicted molar refractivity (Wildman–Crippen MR) is 81.3 cm³/mol. The monoisotopic (exact) mass is 281 g/mol. The van der Waals surface area contributed by atoms with Gasteiger partial charge >= 0.3 is 0 Å². The number of nitrogens with two attached hydrogens (primary N) is 1. The Balaban J connectivity index is 1.97. The van der Waals surface area contributed by atoms with E-state index in [0.29, 0.717) is 17.4 Å². The number of hydrogen-bond acceptors (Lipinski definition) is 4. The molecule has 0 aliphatic rings. The summed E-state index contributed by atoms with van der Waals surface area (Å²) in [5.74, 6) is 1.20. The van der Waals surface area contributed by atoms with Gasteiger partial charge in [-0.2, -0.15) is 14.9 Å². The van der Waals surface area contributed by atoms with Crippen LogP contribution < -0.4 is 5.73 Å². The number of rotatable bonds is 3. The van der Waals surface area contributed by atoms with Crippen molar-refractivity contribution in [2.24, 2.45) is 0 Å². The van der Waals surface area contributed by atoms with E-state index in [0.717, 1.165) is 35.0 Å². The molecule has 3 heterocycles. The SMILES string of the molecule is CCCc1nn(-c2nc3ccccc3[nH]2)c2n[nH]c(N)c12. The van der Waals surface area contributed by atoms with Crippen LogP contribution in [0, 0.1) is 0 Å². The fraction of sp³-hybridized carbons (Fsp3) is 0.214. The van der Waals surface area contributed by atoms with Crippen molar-refractivity contribution in [2.45, 2.75) is 19.8 Å². The third kappa shape index (κ3) is 1.70. The van der Waals surface area contributed by atoms with Gasteiger partial charge in [-0.3, -0.25) is 5.10 Å². The molecular formula is C14H15N7. The average molecular weight is 281 g/mol. The Morgan fingerprint density at radius 2 is 2.14 bits per heavy atom. The van der Waals surface area contributed by atoms with Crippen molar-refractivity contribution >= 4 is 27.9 Å². The number of aromatic nitrogens is 6. The van der Waals surface area contributed by atoms with Crippen LogP contribution in [-0.2, 0) is 6.42 Å². The minimum absolute atomic E-state index is 0.552. The summed E-state index contributed by atoms with van der Waals surface area (Å²) in [5.41, 5.74) is 9.49. The zero-order chi connectivity index (χ0) is 14.4. The number of aryl methyl sites for hydroxylation is 1. The summed E-state index contributed by atoms with van der Waals surface area (Å²) in [5, 5.41) is 12.6. The number of anilines is 1. The molecule has 4 N–H and O–H groups in total. The van der Waals surface area contributed by atoms with Crippen molar-refractivity contribution in [2.75, 3.05) is 5.73 Å². The Morgan fingerprint density at radius 3 is 2.95 bits per heavy atom. The lowest BCUT2D eigenvalue weighted by Gasteiger charge is -1.95. The Kier molecular flexibility index (Phi) is 2.47. The van der Waals surface area contributed by atoms with Gasteiger partial charge in [0.15, 0.2) is 5.65 Å². The third-order valence-corrected chi connectivity index (χ3v) is 3.55. The molecule has 4 aromatic rings. The maximum atomic E-state index is 5.97. The topological polar surface area (TPSA) is 101 Å². The van der Waals surface area contributed by atoms with Gasteiger partial charge in [-0.1, -0.05) is 25.5 Å². The molecule has 106 valence electrons. The van der Waals surface area contributed by atoms with Crippen LogP contribution in [0.3, 0.4) is 0 Å². The fourth-order valence-corrected chi connectivity index (χ4v) is 2.60. The molecule has 0 fully saturated rings. The highest BCUT2D eigenvalue weighted by atomic mass is 15.4.